The lowest BCUT2D eigenvalue weighted by atomic mass is 10.1. The van der Waals surface area contributed by atoms with Gasteiger partial charge in [0.1, 0.15) is 0 Å². The number of amides is 1. The fourth-order valence-electron chi connectivity index (χ4n) is 2.10. The number of hydrogen-bond donors (Lipinski definition) is 2. The summed E-state index contributed by atoms with van der Waals surface area (Å²) >= 11 is 0. The summed E-state index contributed by atoms with van der Waals surface area (Å²) in [4.78, 5) is 22.6. The van der Waals surface area contributed by atoms with E-state index in [0.29, 0.717) is 19.3 Å². The van der Waals surface area contributed by atoms with Crippen LogP contribution in [0.25, 0.3) is 0 Å². The van der Waals surface area contributed by atoms with Crippen LogP contribution >= 0.6 is 0 Å². The van der Waals surface area contributed by atoms with Gasteiger partial charge in [-0.1, -0.05) is 43.2 Å². The first kappa shape index (κ1) is 16.2. The van der Waals surface area contributed by atoms with Crippen molar-refractivity contribution in [1.29, 1.82) is 0 Å². The highest BCUT2D eigenvalue weighted by Gasteiger charge is 2.14. The number of aryl methyl sites for hydroxylation is 2. The van der Waals surface area contributed by atoms with E-state index in [4.69, 9.17) is 5.11 Å². The summed E-state index contributed by atoms with van der Waals surface area (Å²) < 4.78 is 0. The third-order valence-electron chi connectivity index (χ3n) is 3.18. The van der Waals surface area contributed by atoms with Crippen LogP contribution in [-0.4, -0.2) is 23.0 Å². The summed E-state index contributed by atoms with van der Waals surface area (Å²) in [5.41, 5.74) is 2.32. The number of carbonyl (C=O) groups is 2. The first-order valence-electron chi connectivity index (χ1n) is 7.08. The lowest BCUT2D eigenvalue weighted by Gasteiger charge is -2.16. The van der Waals surface area contributed by atoms with Crippen LogP contribution in [0.15, 0.2) is 24.3 Å². The summed E-state index contributed by atoms with van der Waals surface area (Å²) in [5, 5.41) is 11.6. The normalized spacial score (nSPS) is 11.9. The Balaban J connectivity index is 2.41. The highest BCUT2D eigenvalue weighted by Crippen LogP contribution is 2.07. The summed E-state index contributed by atoms with van der Waals surface area (Å²) in [6.07, 6.45) is 2.61. The molecule has 0 spiro atoms. The van der Waals surface area contributed by atoms with E-state index in [1.54, 1.807) is 0 Å². The van der Waals surface area contributed by atoms with E-state index >= 15 is 0 Å². The van der Waals surface area contributed by atoms with E-state index in [9.17, 15) is 9.59 Å². The zero-order chi connectivity index (χ0) is 15.0. The minimum Gasteiger partial charge on any atom is -0.481 e. The number of carbonyl (C=O) groups excluding carboxylic acids is 1. The predicted octanol–water partition coefficient (Wildman–Crippen LogP) is 2.69. The zero-order valence-corrected chi connectivity index (χ0v) is 12.2. The summed E-state index contributed by atoms with van der Waals surface area (Å²) in [7, 11) is 0. The first-order chi connectivity index (χ1) is 9.51. The molecule has 4 heteroatoms. The Morgan fingerprint density at radius 2 is 1.90 bits per heavy atom. The molecule has 0 radical (unpaired) electrons. The molecule has 0 bridgehead atoms. The second kappa shape index (κ2) is 8.35. The molecule has 0 aromatic heterocycles. The molecule has 1 unspecified atom stereocenters. The maximum absolute atomic E-state index is 11.8. The highest BCUT2D eigenvalue weighted by molar-refractivity contribution is 5.77. The molecule has 2 N–H and O–H groups in total. The van der Waals surface area contributed by atoms with Gasteiger partial charge >= 0.3 is 5.97 Å². The van der Waals surface area contributed by atoms with E-state index in [0.717, 1.165) is 12.0 Å². The molecule has 0 aliphatic rings. The van der Waals surface area contributed by atoms with Gasteiger partial charge < -0.3 is 10.4 Å². The average Bonchev–Trinajstić information content (AvgIpc) is 2.37. The van der Waals surface area contributed by atoms with Gasteiger partial charge in [0, 0.05) is 12.5 Å². The summed E-state index contributed by atoms with van der Waals surface area (Å²) in [6.45, 7) is 4.01. The van der Waals surface area contributed by atoms with Gasteiger partial charge in [-0.25, -0.2) is 0 Å². The Morgan fingerprint density at radius 3 is 2.45 bits per heavy atom. The van der Waals surface area contributed by atoms with Crippen LogP contribution < -0.4 is 5.32 Å². The van der Waals surface area contributed by atoms with Crippen molar-refractivity contribution < 1.29 is 14.7 Å². The Labute approximate surface area is 120 Å². The average molecular weight is 277 g/mol. The van der Waals surface area contributed by atoms with Crippen LogP contribution in [-0.2, 0) is 16.0 Å². The fourth-order valence-corrected chi connectivity index (χ4v) is 2.10. The number of carboxylic acid groups (broad SMARTS) is 1. The maximum Gasteiger partial charge on any atom is 0.305 e. The van der Waals surface area contributed by atoms with Crippen molar-refractivity contribution >= 4 is 11.9 Å². The van der Waals surface area contributed by atoms with Crippen LogP contribution in [0.1, 0.15) is 43.7 Å². The SMILES string of the molecule is CCCC(CC(=O)O)NC(=O)CCc1ccc(C)cc1. The largest absolute Gasteiger partial charge is 0.481 e. The Bertz CT molecular complexity index is 440. The molecule has 20 heavy (non-hydrogen) atoms. The van der Waals surface area contributed by atoms with Crippen molar-refractivity contribution in [3.05, 3.63) is 35.4 Å². The Morgan fingerprint density at radius 1 is 1.25 bits per heavy atom. The van der Waals surface area contributed by atoms with Crippen LogP contribution in [0.4, 0.5) is 0 Å². The molecule has 0 fully saturated rings. The van der Waals surface area contributed by atoms with E-state index < -0.39 is 5.97 Å². The molecule has 0 heterocycles. The number of hydrogen-bond acceptors (Lipinski definition) is 2. The molecule has 110 valence electrons. The molecule has 0 saturated heterocycles. The van der Waals surface area contributed by atoms with E-state index in [2.05, 4.69) is 5.32 Å². The molecular weight excluding hydrogens is 254 g/mol. The van der Waals surface area contributed by atoms with E-state index in [-0.39, 0.29) is 18.4 Å². The Hall–Kier alpha value is -1.84. The van der Waals surface area contributed by atoms with Gasteiger partial charge in [0.2, 0.25) is 5.91 Å². The number of carboxylic acids is 1. The zero-order valence-electron chi connectivity index (χ0n) is 12.2. The van der Waals surface area contributed by atoms with Crippen LogP contribution in [0.5, 0.6) is 0 Å². The summed E-state index contributed by atoms with van der Waals surface area (Å²) in [6, 6.07) is 7.82. The van der Waals surface area contributed by atoms with Gasteiger partial charge in [-0.2, -0.15) is 0 Å². The molecule has 1 aromatic carbocycles. The van der Waals surface area contributed by atoms with Crippen LogP contribution in [0.3, 0.4) is 0 Å². The second-order valence-corrected chi connectivity index (χ2v) is 5.14. The van der Waals surface area contributed by atoms with Crippen molar-refractivity contribution in [1.82, 2.24) is 5.32 Å². The number of aliphatic carboxylic acids is 1. The minimum atomic E-state index is -0.873. The van der Waals surface area contributed by atoms with E-state index in [1.807, 2.05) is 38.1 Å². The number of nitrogens with one attached hydrogen (secondary N) is 1. The van der Waals surface area contributed by atoms with Gasteiger partial charge in [-0.05, 0) is 25.3 Å². The number of rotatable bonds is 8. The molecule has 1 aromatic rings. The van der Waals surface area contributed by atoms with Crippen molar-refractivity contribution in [2.45, 2.75) is 52.0 Å². The summed E-state index contributed by atoms with van der Waals surface area (Å²) in [5.74, 6) is -0.951. The maximum atomic E-state index is 11.8. The van der Waals surface area contributed by atoms with Crippen molar-refractivity contribution in [3.8, 4) is 0 Å². The molecule has 1 atom stereocenters. The molecule has 0 aliphatic carbocycles. The van der Waals surface area contributed by atoms with Crippen molar-refractivity contribution in [2.75, 3.05) is 0 Å². The van der Waals surface area contributed by atoms with Crippen LogP contribution in [0, 0.1) is 6.92 Å². The fraction of sp³-hybridized carbons (Fsp3) is 0.500. The molecule has 0 saturated carbocycles. The molecule has 1 rings (SSSR count). The molecule has 1 amide bonds. The van der Waals surface area contributed by atoms with Gasteiger partial charge in [-0.3, -0.25) is 9.59 Å². The van der Waals surface area contributed by atoms with Gasteiger partial charge in [0.05, 0.1) is 6.42 Å². The van der Waals surface area contributed by atoms with Crippen molar-refractivity contribution in [2.24, 2.45) is 0 Å². The smallest absolute Gasteiger partial charge is 0.305 e. The predicted molar refractivity (Wildman–Crippen MR) is 78.6 cm³/mol. The monoisotopic (exact) mass is 277 g/mol. The third-order valence-corrected chi connectivity index (χ3v) is 3.18. The molecule has 0 aliphatic heterocycles. The van der Waals surface area contributed by atoms with E-state index in [1.165, 1.54) is 5.56 Å². The Kier molecular flexibility index (Phi) is 6.77. The quantitative estimate of drug-likeness (QED) is 0.767. The van der Waals surface area contributed by atoms with Gasteiger partial charge in [0.15, 0.2) is 0 Å². The van der Waals surface area contributed by atoms with Gasteiger partial charge in [-0.15, -0.1) is 0 Å². The number of benzene rings is 1. The second-order valence-electron chi connectivity index (χ2n) is 5.14. The minimum absolute atomic E-state index is 0.00981. The molecule has 4 nitrogen and oxygen atoms in total. The van der Waals surface area contributed by atoms with Gasteiger partial charge in [0.25, 0.3) is 0 Å². The van der Waals surface area contributed by atoms with Crippen LogP contribution in [0.2, 0.25) is 0 Å². The topological polar surface area (TPSA) is 66.4 Å². The van der Waals surface area contributed by atoms with Crippen molar-refractivity contribution in [3.63, 3.8) is 0 Å². The first-order valence-corrected chi connectivity index (χ1v) is 7.08. The standard InChI is InChI=1S/C16H23NO3/c1-3-4-14(11-16(19)20)17-15(18)10-9-13-7-5-12(2)6-8-13/h5-8,14H,3-4,9-11H2,1-2H3,(H,17,18)(H,19,20). The lowest BCUT2D eigenvalue weighted by molar-refractivity contribution is -0.137. The lowest BCUT2D eigenvalue weighted by Crippen LogP contribution is -2.36. The highest BCUT2D eigenvalue weighted by atomic mass is 16.4. The third kappa shape index (κ3) is 6.36. The molecular formula is C16H23NO3.